The molecule has 0 saturated heterocycles. The molecule has 4 nitrogen and oxygen atoms in total. The Morgan fingerprint density at radius 2 is 1.74 bits per heavy atom. The minimum absolute atomic E-state index is 0.00622. The Hall–Kier alpha value is -2.62. The molecule has 120 valence electrons. The van der Waals surface area contributed by atoms with Crippen molar-refractivity contribution in [3.8, 4) is 5.75 Å². The molecular formula is C19H20O4. The lowest BCUT2D eigenvalue weighted by Crippen LogP contribution is -2.10. The third-order valence-corrected chi connectivity index (χ3v) is 3.95. The molecule has 2 rings (SSSR count). The maximum absolute atomic E-state index is 12.1. The van der Waals surface area contributed by atoms with Crippen molar-refractivity contribution in [2.45, 2.75) is 34.3 Å². The summed E-state index contributed by atoms with van der Waals surface area (Å²) in [5.41, 5.74) is 4.34. The number of hydrogen-bond donors (Lipinski definition) is 1. The van der Waals surface area contributed by atoms with Gasteiger partial charge >= 0.3 is 5.97 Å². The Kier molecular flexibility index (Phi) is 4.84. The van der Waals surface area contributed by atoms with Crippen LogP contribution in [-0.4, -0.2) is 16.9 Å². The number of hydrogen-bond acceptors (Lipinski definition) is 4. The van der Waals surface area contributed by atoms with E-state index in [9.17, 15) is 14.7 Å². The molecule has 0 fully saturated rings. The predicted molar refractivity (Wildman–Crippen MR) is 87.9 cm³/mol. The van der Waals surface area contributed by atoms with E-state index in [1.165, 1.54) is 19.1 Å². The van der Waals surface area contributed by atoms with Crippen molar-refractivity contribution in [3.63, 3.8) is 0 Å². The molecule has 0 unspecified atom stereocenters. The topological polar surface area (TPSA) is 63.6 Å². The number of ether oxygens (including phenoxy) is 1. The number of phenolic OH excluding ortho intramolecular Hbond substituents is 1. The molecule has 0 heterocycles. The van der Waals surface area contributed by atoms with Crippen molar-refractivity contribution in [2.24, 2.45) is 0 Å². The SMILES string of the molecule is CC(=O)c1c(C)cc(C)c(COC(=O)c2ccccc2O)c1C. The second-order valence-electron chi connectivity index (χ2n) is 5.64. The highest BCUT2D eigenvalue weighted by molar-refractivity contribution is 5.97. The van der Waals surface area contributed by atoms with Crippen molar-refractivity contribution >= 4 is 11.8 Å². The fourth-order valence-corrected chi connectivity index (χ4v) is 2.85. The number of aryl methyl sites for hydroxylation is 2. The van der Waals surface area contributed by atoms with E-state index in [0.717, 1.165) is 22.3 Å². The van der Waals surface area contributed by atoms with Gasteiger partial charge in [0.15, 0.2) is 5.78 Å². The molecule has 0 spiro atoms. The van der Waals surface area contributed by atoms with Gasteiger partial charge in [0, 0.05) is 5.56 Å². The molecule has 0 bridgehead atoms. The molecule has 0 saturated carbocycles. The van der Waals surface area contributed by atoms with Gasteiger partial charge in [-0.3, -0.25) is 4.79 Å². The Morgan fingerprint density at radius 3 is 2.35 bits per heavy atom. The van der Waals surface area contributed by atoms with Gasteiger partial charge in [0.25, 0.3) is 0 Å². The number of Topliss-reactive ketones (excluding diaryl/α,β-unsaturated/α-hetero) is 1. The van der Waals surface area contributed by atoms with Crippen LogP contribution in [0.3, 0.4) is 0 Å². The number of esters is 1. The zero-order valence-electron chi connectivity index (χ0n) is 13.8. The molecule has 2 aromatic carbocycles. The van der Waals surface area contributed by atoms with E-state index < -0.39 is 5.97 Å². The van der Waals surface area contributed by atoms with E-state index in [-0.39, 0.29) is 23.7 Å². The molecule has 0 aromatic heterocycles. The Balaban J connectivity index is 2.28. The normalized spacial score (nSPS) is 10.4. The average Bonchev–Trinajstić information content (AvgIpc) is 2.46. The highest BCUT2D eigenvalue weighted by atomic mass is 16.5. The van der Waals surface area contributed by atoms with Crippen LogP contribution in [0.25, 0.3) is 0 Å². The first kappa shape index (κ1) is 16.7. The van der Waals surface area contributed by atoms with Gasteiger partial charge in [0.1, 0.15) is 17.9 Å². The van der Waals surface area contributed by atoms with Gasteiger partial charge < -0.3 is 9.84 Å². The predicted octanol–water partition coefficient (Wildman–Crippen LogP) is 3.88. The summed E-state index contributed by atoms with van der Waals surface area (Å²) in [6.07, 6.45) is 0. The Morgan fingerprint density at radius 1 is 1.09 bits per heavy atom. The fourth-order valence-electron chi connectivity index (χ4n) is 2.85. The summed E-state index contributed by atoms with van der Waals surface area (Å²) >= 11 is 0. The van der Waals surface area contributed by atoms with Crippen molar-refractivity contribution in [2.75, 3.05) is 0 Å². The largest absolute Gasteiger partial charge is 0.507 e. The molecule has 2 aromatic rings. The van der Waals surface area contributed by atoms with Crippen molar-refractivity contribution in [1.82, 2.24) is 0 Å². The van der Waals surface area contributed by atoms with Crippen LogP contribution >= 0.6 is 0 Å². The molecular weight excluding hydrogens is 292 g/mol. The maximum atomic E-state index is 12.1. The number of benzene rings is 2. The van der Waals surface area contributed by atoms with Crippen LogP contribution in [0.4, 0.5) is 0 Å². The van der Waals surface area contributed by atoms with Crippen LogP contribution in [0.2, 0.25) is 0 Å². The first-order valence-electron chi connectivity index (χ1n) is 7.38. The fraction of sp³-hybridized carbons (Fsp3) is 0.263. The van der Waals surface area contributed by atoms with Crippen LogP contribution in [0.15, 0.2) is 30.3 Å². The second-order valence-corrected chi connectivity index (χ2v) is 5.64. The third-order valence-electron chi connectivity index (χ3n) is 3.95. The van der Waals surface area contributed by atoms with Gasteiger partial charge in [-0.2, -0.15) is 0 Å². The molecule has 0 aliphatic heterocycles. The average molecular weight is 312 g/mol. The van der Waals surface area contributed by atoms with E-state index in [1.807, 2.05) is 26.8 Å². The summed E-state index contributed by atoms with van der Waals surface area (Å²) < 4.78 is 5.32. The first-order chi connectivity index (χ1) is 10.8. The number of para-hydroxylation sites is 1. The number of rotatable bonds is 4. The van der Waals surface area contributed by atoms with Crippen LogP contribution in [0.1, 0.15) is 49.9 Å². The smallest absolute Gasteiger partial charge is 0.342 e. The molecule has 0 atom stereocenters. The molecule has 0 aliphatic carbocycles. The molecule has 23 heavy (non-hydrogen) atoms. The zero-order valence-corrected chi connectivity index (χ0v) is 13.8. The minimum atomic E-state index is -0.591. The Labute approximate surface area is 135 Å². The second kappa shape index (κ2) is 6.65. The van der Waals surface area contributed by atoms with Gasteiger partial charge in [-0.05, 0) is 62.1 Å². The monoisotopic (exact) mass is 312 g/mol. The Bertz CT molecular complexity index is 775. The summed E-state index contributed by atoms with van der Waals surface area (Å²) in [5.74, 6) is -0.709. The third kappa shape index (κ3) is 3.42. The van der Waals surface area contributed by atoms with Crippen LogP contribution in [0.5, 0.6) is 5.75 Å². The lowest BCUT2D eigenvalue weighted by Gasteiger charge is -2.16. The number of aromatic hydroxyl groups is 1. The molecule has 0 radical (unpaired) electrons. The van der Waals surface area contributed by atoms with Crippen LogP contribution in [-0.2, 0) is 11.3 Å². The lowest BCUT2D eigenvalue weighted by atomic mass is 9.92. The van der Waals surface area contributed by atoms with Gasteiger partial charge in [-0.1, -0.05) is 18.2 Å². The highest BCUT2D eigenvalue weighted by Crippen LogP contribution is 2.24. The van der Waals surface area contributed by atoms with Crippen molar-refractivity contribution in [1.29, 1.82) is 0 Å². The number of carbonyl (C=O) groups is 2. The quantitative estimate of drug-likeness (QED) is 0.687. The van der Waals surface area contributed by atoms with E-state index in [1.54, 1.807) is 12.1 Å². The summed E-state index contributed by atoms with van der Waals surface area (Å²) in [5, 5.41) is 9.70. The van der Waals surface area contributed by atoms with Crippen LogP contribution in [0, 0.1) is 20.8 Å². The summed E-state index contributed by atoms with van der Waals surface area (Å²) in [4.78, 5) is 23.9. The molecule has 1 N–H and O–H groups in total. The summed E-state index contributed by atoms with van der Waals surface area (Å²) in [6.45, 7) is 7.27. The van der Waals surface area contributed by atoms with Gasteiger partial charge in [0.2, 0.25) is 0 Å². The molecule has 0 amide bonds. The highest BCUT2D eigenvalue weighted by Gasteiger charge is 2.17. The first-order valence-corrected chi connectivity index (χ1v) is 7.38. The van der Waals surface area contributed by atoms with E-state index in [0.29, 0.717) is 5.56 Å². The maximum Gasteiger partial charge on any atom is 0.342 e. The van der Waals surface area contributed by atoms with Gasteiger partial charge in [0.05, 0.1) is 0 Å². The summed E-state index contributed by atoms with van der Waals surface area (Å²) in [6, 6.07) is 8.17. The lowest BCUT2D eigenvalue weighted by molar-refractivity contribution is 0.0468. The van der Waals surface area contributed by atoms with Gasteiger partial charge in [-0.25, -0.2) is 4.79 Å². The number of carbonyl (C=O) groups excluding carboxylic acids is 2. The van der Waals surface area contributed by atoms with Crippen LogP contribution < -0.4 is 0 Å². The summed E-state index contributed by atoms with van der Waals surface area (Å²) in [7, 11) is 0. The molecule has 4 heteroatoms. The van der Waals surface area contributed by atoms with Crippen molar-refractivity contribution < 1.29 is 19.4 Å². The molecule has 0 aliphatic rings. The zero-order chi connectivity index (χ0) is 17.1. The number of ketones is 1. The van der Waals surface area contributed by atoms with Gasteiger partial charge in [-0.15, -0.1) is 0 Å². The van der Waals surface area contributed by atoms with Crippen molar-refractivity contribution in [3.05, 3.63) is 63.7 Å². The van der Waals surface area contributed by atoms with E-state index in [4.69, 9.17) is 4.74 Å². The standard InChI is InChI=1S/C19H20O4/c1-11-9-12(2)18(14(4)20)13(3)16(11)10-23-19(22)15-7-5-6-8-17(15)21/h5-9,21H,10H2,1-4H3. The number of phenols is 1. The minimum Gasteiger partial charge on any atom is -0.507 e. The van der Waals surface area contributed by atoms with E-state index >= 15 is 0 Å². The van der Waals surface area contributed by atoms with E-state index in [2.05, 4.69) is 0 Å².